The Labute approximate surface area is 332 Å². The molecule has 5 amide bonds. The zero-order valence-corrected chi connectivity index (χ0v) is 32.4. The number of allylic oxidation sites excluding steroid dienone is 1. The molecular weight excluding hydrogens is 731 g/mol. The molecule has 0 bridgehead atoms. The second-order valence-corrected chi connectivity index (χ2v) is 15.8. The zero-order chi connectivity index (χ0) is 40.2. The molecule has 2 unspecified atom stereocenters. The van der Waals surface area contributed by atoms with E-state index >= 15 is 0 Å². The van der Waals surface area contributed by atoms with Crippen molar-refractivity contribution in [3.8, 4) is 11.5 Å². The van der Waals surface area contributed by atoms with Crippen LogP contribution in [-0.2, 0) is 14.4 Å². The molecule has 2 aromatic rings. The van der Waals surface area contributed by atoms with Crippen molar-refractivity contribution in [1.82, 2.24) is 35.1 Å². The van der Waals surface area contributed by atoms with E-state index in [2.05, 4.69) is 32.4 Å². The quantitative estimate of drug-likeness (QED) is 0.186. The van der Waals surface area contributed by atoms with Gasteiger partial charge in [-0.15, -0.1) is 0 Å². The Morgan fingerprint density at radius 3 is 2.39 bits per heavy atom. The molecule has 2 aromatic carbocycles. The highest BCUT2D eigenvalue weighted by Gasteiger charge is 2.45. The van der Waals surface area contributed by atoms with Gasteiger partial charge >= 0.3 is 0 Å². The number of fused-ring (bicyclic) bond motifs is 2. The minimum absolute atomic E-state index is 0.0743. The van der Waals surface area contributed by atoms with E-state index in [4.69, 9.17) is 16.2 Å². The minimum Gasteiger partial charge on any atom is -0.507 e. The number of ether oxygens (including phenoxy) is 1. The predicted molar refractivity (Wildman–Crippen MR) is 211 cm³/mol. The second-order valence-electron chi connectivity index (χ2n) is 15.8. The summed E-state index contributed by atoms with van der Waals surface area (Å²) in [5, 5.41) is 15.3. The van der Waals surface area contributed by atoms with Crippen molar-refractivity contribution in [2.75, 3.05) is 66.0 Å². The maximum atomic E-state index is 13.0. The van der Waals surface area contributed by atoms with Crippen molar-refractivity contribution in [2.45, 2.75) is 56.7 Å². The van der Waals surface area contributed by atoms with Gasteiger partial charge in [-0.3, -0.25) is 34.2 Å². The molecule has 7 N–H and O–H groups in total. The highest BCUT2D eigenvalue weighted by molar-refractivity contribution is 6.23. The van der Waals surface area contributed by atoms with Crippen LogP contribution in [0.4, 0.5) is 0 Å². The first kappa shape index (κ1) is 39.6. The molecule has 0 aromatic heterocycles. The van der Waals surface area contributed by atoms with E-state index in [0.29, 0.717) is 49.0 Å². The largest absolute Gasteiger partial charge is 0.507 e. The number of nitrogens with two attached hydrogens (primary N) is 2. The Hall–Kier alpha value is -5.61. The van der Waals surface area contributed by atoms with Crippen LogP contribution in [0.3, 0.4) is 0 Å². The molecule has 4 saturated heterocycles. The van der Waals surface area contributed by atoms with Gasteiger partial charge in [0.1, 0.15) is 29.5 Å². The van der Waals surface area contributed by atoms with E-state index in [0.717, 1.165) is 55.4 Å². The SMILES string of the molecule is CN1CCC(CN2CCC(Oc3ccc4c(c3)C(=O)N(C3CCC(=O)NC3=O)C4=O)CC2)CC1.NC1=C(/C=C(\N)c2ccccc2O)N2CCN(C=O)CC2CN1. The normalized spacial score (nSPS) is 24.0. The molecule has 6 heterocycles. The molecule has 0 aliphatic carbocycles. The number of rotatable bonds is 8. The van der Waals surface area contributed by atoms with Crippen molar-refractivity contribution in [2.24, 2.45) is 17.4 Å². The maximum absolute atomic E-state index is 13.0. The first-order chi connectivity index (χ1) is 27.5. The number of phenols is 1. The summed E-state index contributed by atoms with van der Waals surface area (Å²) in [6, 6.07) is 11.1. The number of imide groups is 2. The van der Waals surface area contributed by atoms with E-state index in [1.165, 1.54) is 25.9 Å². The third-order valence-corrected chi connectivity index (χ3v) is 11.9. The van der Waals surface area contributed by atoms with E-state index in [9.17, 15) is 29.1 Å². The van der Waals surface area contributed by atoms with Crippen LogP contribution >= 0.6 is 0 Å². The molecule has 6 aliphatic heterocycles. The number of amides is 5. The number of likely N-dealkylation sites (tertiary alicyclic amines) is 2. The number of hydrogen-bond acceptors (Lipinski definition) is 13. The number of carbonyl (C=O) groups excluding carboxylic acids is 5. The first-order valence-corrected chi connectivity index (χ1v) is 19.9. The maximum Gasteiger partial charge on any atom is 0.262 e. The van der Waals surface area contributed by atoms with Crippen LogP contribution in [0.15, 0.2) is 60.1 Å². The number of para-hydroxylation sites is 1. The van der Waals surface area contributed by atoms with Gasteiger partial charge in [-0.1, -0.05) is 12.1 Å². The monoisotopic (exact) mass is 783 g/mol. The van der Waals surface area contributed by atoms with Gasteiger partial charge in [-0.25, -0.2) is 0 Å². The predicted octanol–water partition coefficient (Wildman–Crippen LogP) is 0.838. The van der Waals surface area contributed by atoms with Crippen molar-refractivity contribution >= 4 is 35.7 Å². The van der Waals surface area contributed by atoms with Crippen molar-refractivity contribution in [3.05, 3.63) is 76.7 Å². The molecular formula is C41H53N9O7. The summed E-state index contributed by atoms with van der Waals surface area (Å²) in [7, 11) is 2.19. The summed E-state index contributed by atoms with van der Waals surface area (Å²) in [6.45, 7) is 8.22. The number of piperidine rings is 3. The lowest BCUT2D eigenvalue weighted by Gasteiger charge is -2.45. The molecule has 16 nitrogen and oxygen atoms in total. The van der Waals surface area contributed by atoms with Gasteiger partial charge < -0.3 is 46.2 Å². The molecule has 57 heavy (non-hydrogen) atoms. The average molecular weight is 784 g/mol. The first-order valence-electron chi connectivity index (χ1n) is 19.9. The summed E-state index contributed by atoms with van der Waals surface area (Å²) < 4.78 is 6.19. The second kappa shape index (κ2) is 17.3. The molecule has 304 valence electrons. The number of aromatic hydroxyl groups is 1. The molecule has 0 saturated carbocycles. The smallest absolute Gasteiger partial charge is 0.262 e. The number of phenolic OH excluding ortho intramolecular Hbond substituents is 1. The Balaban J connectivity index is 0.000000188. The summed E-state index contributed by atoms with van der Waals surface area (Å²) in [4.78, 5) is 70.3. The molecule has 0 spiro atoms. The van der Waals surface area contributed by atoms with Crippen LogP contribution in [-0.4, -0.2) is 144 Å². The van der Waals surface area contributed by atoms with Crippen LogP contribution in [0.2, 0.25) is 0 Å². The summed E-state index contributed by atoms with van der Waals surface area (Å²) in [5.41, 5.74) is 14.6. The highest BCUT2D eigenvalue weighted by Crippen LogP contribution is 2.32. The molecule has 0 radical (unpaired) electrons. The fraction of sp³-hybridized carbons (Fsp3) is 0.488. The number of hydrogen-bond donors (Lipinski definition) is 5. The number of piperazine rings is 1. The molecule has 8 rings (SSSR count). The number of nitrogens with zero attached hydrogens (tertiary/aromatic N) is 5. The molecule has 16 heteroatoms. The Morgan fingerprint density at radius 2 is 1.67 bits per heavy atom. The number of benzene rings is 2. The van der Waals surface area contributed by atoms with Gasteiger partial charge in [-0.2, -0.15) is 0 Å². The lowest BCUT2D eigenvalue weighted by Crippen LogP contribution is -2.59. The van der Waals surface area contributed by atoms with Crippen LogP contribution in [0.25, 0.3) is 5.70 Å². The summed E-state index contributed by atoms with van der Waals surface area (Å²) in [6.07, 6.45) is 7.38. The number of nitrogens with one attached hydrogen (secondary N) is 2. The molecule has 2 atom stereocenters. The van der Waals surface area contributed by atoms with Gasteiger partial charge in [0.15, 0.2) is 0 Å². The van der Waals surface area contributed by atoms with E-state index < -0.39 is 23.8 Å². The Bertz CT molecular complexity index is 1940. The van der Waals surface area contributed by atoms with Crippen LogP contribution in [0, 0.1) is 5.92 Å². The Kier molecular flexibility index (Phi) is 12.0. The van der Waals surface area contributed by atoms with Crippen LogP contribution < -0.4 is 26.8 Å². The Morgan fingerprint density at radius 1 is 0.930 bits per heavy atom. The third-order valence-electron chi connectivity index (χ3n) is 11.9. The third kappa shape index (κ3) is 8.86. The topological polar surface area (TPSA) is 207 Å². The number of carbonyl (C=O) groups is 5. The average Bonchev–Trinajstić information content (AvgIpc) is 3.45. The van der Waals surface area contributed by atoms with E-state index in [-0.39, 0.29) is 47.8 Å². The van der Waals surface area contributed by atoms with Crippen LogP contribution in [0.1, 0.15) is 64.8 Å². The lowest BCUT2D eigenvalue weighted by molar-refractivity contribution is -0.136. The van der Waals surface area contributed by atoms with Crippen molar-refractivity contribution in [1.29, 1.82) is 0 Å². The molecule has 6 aliphatic rings. The van der Waals surface area contributed by atoms with Crippen molar-refractivity contribution < 1.29 is 33.8 Å². The fourth-order valence-electron chi connectivity index (χ4n) is 8.58. The van der Waals surface area contributed by atoms with Gasteiger partial charge in [0.25, 0.3) is 11.8 Å². The summed E-state index contributed by atoms with van der Waals surface area (Å²) >= 11 is 0. The van der Waals surface area contributed by atoms with Gasteiger partial charge in [-0.05, 0) is 94.6 Å². The van der Waals surface area contributed by atoms with Gasteiger partial charge in [0.05, 0.1) is 22.9 Å². The van der Waals surface area contributed by atoms with Crippen molar-refractivity contribution in [3.63, 3.8) is 0 Å². The standard InChI is InChI=1S/C25H32N4O5.C16H21N5O2/c1-27-10-6-16(7-11-27)15-28-12-8-17(9-13-28)34-18-2-3-19-20(14-18)25(33)29(24(19)32)21-4-5-22(30)26-23(21)31;17-13(12-3-1-2-4-15(12)23)7-14-16(18)19-8-11-9-20(10-22)5-6-21(11)14/h2-3,14,16-17,21H,4-13,15H2,1H3,(H,26,30,31);1-4,7,10-11,19,23H,5-6,8-9,17-18H2/b;13-7-. The summed E-state index contributed by atoms with van der Waals surface area (Å²) in [5.74, 6) is 0.0436. The lowest BCUT2D eigenvalue weighted by atomic mass is 9.95. The molecule has 4 fully saturated rings. The van der Waals surface area contributed by atoms with Gasteiger partial charge in [0.2, 0.25) is 18.2 Å². The minimum atomic E-state index is -0.955. The highest BCUT2D eigenvalue weighted by atomic mass is 16.5. The van der Waals surface area contributed by atoms with Gasteiger partial charge in [0, 0.05) is 63.5 Å². The zero-order valence-electron chi connectivity index (χ0n) is 32.4. The van der Waals surface area contributed by atoms with E-state index in [1.807, 2.05) is 6.07 Å². The van der Waals surface area contributed by atoms with E-state index in [1.54, 1.807) is 47.4 Å². The van der Waals surface area contributed by atoms with Crippen LogP contribution in [0.5, 0.6) is 11.5 Å². The fourth-order valence-corrected chi connectivity index (χ4v) is 8.58.